The molecule has 34 heavy (non-hydrogen) atoms. The molecule has 0 aliphatic carbocycles. The SMILES string of the molecule is NC(=O)N[C@@H](CC(=O)N1CCN(C(=O)c2cccs2)CC1)c1cccc(Oc2ccccc2)c1. The topological polar surface area (TPSA) is 105 Å². The van der Waals surface area contributed by atoms with Gasteiger partial charge in [-0.1, -0.05) is 36.4 Å². The van der Waals surface area contributed by atoms with Crippen LogP contribution in [0.5, 0.6) is 11.5 Å². The molecule has 0 radical (unpaired) electrons. The smallest absolute Gasteiger partial charge is 0.312 e. The van der Waals surface area contributed by atoms with Crippen LogP contribution in [0.25, 0.3) is 0 Å². The van der Waals surface area contributed by atoms with Crippen LogP contribution >= 0.6 is 11.3 Å². The maximum absolute atomic E-state index is 13.0. The number of thiophene rings is 1. The van der Waals surface area contributed by atoms with Gasteiger partial charge < -0.3 is 25.6 Å². The number of urea groups is 1. The van der Waals surface area contributed by atoms with E-state index < -0.39 is 12.1 Å². The molecule has 1 aliphatic heterocycles. The highest BCUT2D eigenvalue weighted by Crippen LogP contribution is 2.26. The number of primary amides is 1. The number of benzene rings is 2. The molecule has 0 unspecified atom stereocenters. The molecule has 1 aromatic heterocycles. The Bertz CT molecular complexity index is 1130. The molecular weight excluding hydrogens is 452 g/mol. The summed E-state index contributed by atoms with van der Waals surface area (Å²) in [6, 6.07) is 18.9. The molecule has 3 N–H and O–H groups in total. The second-order valence-corrected chi connectivity index (χ2v) is 8.85. The van der Waals surface area contributed by atoms with Crippen LogP contribution in [0.15, 0.2) is 72.1 Å². The molecule has 9 heteroatoms. The van der Waals surface area contributed by atoms with Crippen molar-refractivity contribution in [3.63, 3.8) is 0 Å². The van der Waals surface area contributed by atoms with Crippen molar-refractivity contribution in [1.82, 2.24) is 15.1 Å². The van der Waals surface area contributed by atoms with Gasteiger partial charge in [-0.3, -0.25) is 9.59 Å². The summed E-state index contributed by atoms with van der Waals surface area (Å²) in [6.07, 6.45) is 0.0522. The Balaban J connectivity index is 1.40. The first-order valence-electron chi connectivity index (χ1n) is 11.0. The van der Waals surface area contributed by atoms with Crippen LogP contribution in [0.3, 0.4) is 0 Å². The first kappa shape index (κ1) is 23.3. The predicted octanol–water partition coefficient (Wildman–Crippen LogP) is 3.62. The molecule has 1 fully saturated rings. The van der Waals surface area contributed by atoms with Crippen molar-refractivity contribution in [2.24, 2.45) is 5.73 Å². The maximum atomic E-state index is 13.0. The van der Waals surface area contributed by atoms with Crippen molar-refractivity contribution in [2.45, 2.75) is 12.5 Å². The molecule has 176 valence electrons. The average Bonchev–Trinajstić information content (AvgIpc) is 3.39. The molecule has 0 bridgehead atoms. The van der Waals surface area contributed by atoms with Gasteiger partial charge in [-0.2, -0.15) is 0 Å². The molecular formula is C25H26N4O4S. The molecule has 2 heterocycles. The zero-order valence-corrected chi connectivity index (χ0v) is 19.4. The molecule has 4 rings (SSSR count). The largest absolute Gasteiger partial charge is 0.457 e. The van der Waals surface area contributed by atoms with Gasteiger partial charge in [-0.25, -0.2) is 4.79 Å². The summed E-state index contributed by atoms with van der Waals surface area (Å²) in [4.78, 5) is 41.4. The highest BCUT2D eigenvalue weighted by atomic mass is 32.1. The van der Waals surface area contributed by atoms with Gasteiger partial charge in [0.15, 0.2) is 0 Å². The third kappa shape index (κ3) is 5.93. The highest BCUT2D eigenvalue weighted by Gasteiger charge is 2.27. The Kier molecular flexibility index (Phi) is 7.44. The van der Waals surface area contributed by atoms with E-state index in [0.717, 1.165) is 0 Å². The van der Waals surface area contributed by atoms with E-state index in [4.69, 9.17) is 10.5 Å². The molecule has 0 spiro atoms. The summed E-state index contributed by atoms with van der Waals surface area (Å²) in [5.41, 5.74) is 6.11. The Labute approximate surface area is 201 Å². The third-order valence-corrected chi connectivity index (χ3v) is 6.44. The number of carbonyl (C=O) groups excluding carboxylic acids is 3. The van der Waals surface area contributed by atoms with Crippen LogP contribution < -0.4 is 15.8 Å². The van der Waals surface area contributed by atoms with E-state index in [1.807, 2.05) is 60.0 Å². The lowest BCUT2D eigenvalue weighted by Gasteiger charge is -2.35. The number of carbonyl (C=O) groups is 3. The molecule has 1 aliphatic rings. The van der Waals surface area contributed by atoms with E-state index in [0.29, 0.717) is 48.1 Å². The molecule has 3 aromatic rings. The molecule has 8 nitrogen and oxygen atoms in total. The highest BCUT2D eigenvalue weighted by molar-refractivity contribution is 7.12. The summed E-state index contributed by atoms with van der Waals surface area (Å²) in [7, 11) is 0. The first-order chi connectivity index (χ1) is 16.5. The Morgan fingerprint density at radius 2 is 1.62 bits per heavy atom. The zero-order chi connectivity index (χ0) is 23.9. The number of nitrogens with one attached hydrogen (secondary N) is 1. The van der Waals surface area contributed by atoms with Crippen molar-refractivity contribution in [3.8, 4) is 11.5 Å². The van der Waals surface area contributed by atoms with Gasteiger partial charge in [0.05, 0.1) is 17.3 Å². The normalized spacial score (nSPS) is 14.4. The molecule has 1 atom stereocenters. The van der Waals surface area contributed by atoms with Gasteiger partial charge in [-0.05, 0) is 41.3 Å². The minimum Gasteiger partial charge on any atom is -0.457 e. The third-order valence-electron chi connectivity index (χ3n) is 5.59. The van der Waals surface area contributed by atoms with Gasteiger partial charge in [0.2, 0.25) is 5.91 Å². The number of hydrogen-bond donors (Lipinski definition) is 2. The fourth-order valence-electron chi connectivity index (χ4n) is 3.86. The van der Waals surface area contributed by atoms with E-state index in [9.17, 15) is 14.4 Å². The van der Waals surface area contributed by atoms with Crippen LogP contribution in [-0.2, 0) is 4.79 Å². The number of amides is 4. The Morgan fingerprint density at radius 1 is 0.912 bits per heavy atom. The molecule has 4 amide bonds. The number of ether oxygens (including phenoxy) is 1. The van der Waals surface area contributed by atoms with Crippen LogP contribution in [-0.4, -0.2) is 53.8 Å². The first-order valence-corrected chi connectivity index (χ1v) is 11.9. The standard InChI is InChI=1S/C25H26N4O4S/c26-25(32)27-21(18-6-4-9-20(16-18)33-19-7-2-1-3-8-19)17-23(30)28-11-13-29(14-12-28)24(31)22-10-5-15-34-22/h1-10,15-16,21H,11-14,17H2,(H3,26,27,32)/t21-/m0/s1. The summed E-state index contributed by atoms with van der Waals surface area (Å²) in [5, 5.41) is 4.55. The fraction of sp³-hybridized carbons (Fsp3) is 0.240. The minimum absolute atomic E-state index is 0.00870. The number of nitrogens with two attached hydrogens (primary N) is 1. The lowest BCUT2D eigenvalue weighted by Crippen LogP contribution is -2.51. The van der Waals surface area contributed by atoms with Gasteiger partial charge in [0.1, 0.15) is 11.5 Å². The number of rotatable bonds is 7. The van der Waals surface area contributed by atoms with E-state index in [-0.39, 0.29) is 18.2 Å². The summed E-state index contributed by atoms with van der Waals surface area (Å²) >= 11 is 1.41. The van der Waals surface area contributed by atoms with Gasteiger partial charge in [0, 0.05) is 26.2 Å². The van der Waals surface area contributed by atoms with E-state index in [2.05, 4.69) is 5.32 Å². The Hall–Kier alpha value is -3.85. The van der Waals surface area contributed by atoms with Gasteiger partial charge in [0.25, 0.3) is 5.91 Å². The second kappa shape index (κ2) is 10.8. The van der Waals surface area contributed by atoms with Gasteiger partial charge >= 0.3 is 6.03 Å². The van der Waals surface area contributed by atoms with Crippen molar-refractivity contribution in [1.29, 1.82) is 0 Å². The van der Waals surface area contributed by atoms with Crippen LogP contribution in [0.4, 0.5) is 4.79 Å². The summed E-state index contributed by atoms with van der Waals surface area (Å²) < 4.78 is 5.88. The summed E-state index contributed by atoms with van der Waals surface area (Å²) in [5.74, 6) is 1.15. The molecule has 1 saturated heterocycles. The van der Waals surface area contributed by atoms with Crippen molar-refractivity contribution >= 4 is 29.2 Å². The predicted molar refractivity (Wildman–Crippen MR) is 130 cm³/mol. The Morgan fingerprint density at radius 3 is 2.29 bits per heavy atom. The quantitative estimate of drug-likeness (QED) is 0.541. The van der Waals surface area contributed by atoms with Crippen molar-refractivity contribution < 1.29 is 19.1 Å². The van der Waals surface area contributed by atoms with E-state index in [1.165, 1.54) is 11.3 Å². The van der Waals surface area contributed by atoms with Crippen LogP contribution in [0.2, 0.25) is 0 Å². The van der Waals surface area contributed by atoms with E-state index in [1.54, 1.807) is 21.9 Å². The maximum Gasteiger partial charge on any atom is 0.312 e. The van der Waals surface area contributed by atoms with Crippen molar-refractivity contribution in [2.75, 3.05) is 26.2 Å². The minimum atomic E-state index is -0.710. The number of hydrogen-bond acceptors (Lipinski definition) is 5. The zero-order valence-electron chi connectivity index (χ0n) is 18.6. The fourth-order valence-corrected chi connectivity index (χ4v) is 4.55. The van der Waals surface area contributed by atoms with E-state index >= 15 is 0 Å². The van der Waals surface area contributed by atoms with Crippen LogP contribution in [0, 0.1) is 0 Å². The number of para-hydroxylation sites is 1. The van der Waals surface area contributed by atoms with Crippen molar-refractivity contribution in [3.05, 3.63) is 82.6 Å². The van der Waals surface area contributed by atoms with Gasteiger partial charge in [-0.15, -0.1) is 11.3 Å². The van der Waals surface area contributed by atoms with Crippen LogP contribution in [0.1, 0.15) is 27.7 Å². The lowest BCUT2D eigenvalue weighted by molar-refractivity contribution is -0.133. The number of nitrogens with zero attached hydrogens (tertiary/aromatic N) is 2. The molecule has 0 saturated carbocycles. The monoisotopic (exact) mass is 478 g/mol. The average molecular weight is 479 g/mol. The number of piperazine rings is 1. The molecule has 2 aromatic carbocycles. The second-order valence-electron chi connectivity index (χ2n) is 7.90. The summed E-state index contributed by atoms with van der Waals surface area (Å²) in [6.45, 7) is 1.82. The lowest BCUT2D eigenvalue weighted by atomic mass is 10.0.